The van der Waals surface area contributed by atoms with Crippen molar-refractivity contribution in [1.29, 1.82) is 0 Å². The first-order valence-electron chi connectivity index (χ1n) is 7.58. The monoisotopic (exact) mass is 329 g/mol. The lowest BCUT2D eigenvalue weighted by Gasteiger charge is -2.22. The van der Waals surface area contributed by atoms with Crippen LogP contribution >= 0.6 is 0 Å². The SMILES string of the molecule is C=CCN(Cc1cccn1C)C(=O)Nc1ccc(OC)cc1OC. The largest absolute Gasteiger partial charge is 0.497 e. The summed E-state index contributed by atoms with van der Waals surface area (Å²) in [6, 6.07) is 8.96. The summed E-state index contributed by atoms with van der Waals surface area (Å²) in [5.41, 5.74) is 1.62. The third kappa shape index (κ3) is 4.10. The van der Waals surface area contributed by atoms with Gasteiger partial charge >= 0.3 is 6.03 Å². The predicted molar refractivity (Wildman–Crippen MR) is 94.6 cm³/mol. The Balaban J connectivity index is 2.15. The van der Waals surface area contributed by atoms with Gasteiger partial charge in [-0.05, 0) is 24.3 Å². The van der Waals surface area contributed by atoms with Crippen LogP contribution in [0.1, 0.15) is 5.69 Å². The Morgan fingerprint density at radius 2 is 2.12 bits per heavy atom. The van der Waals surface area contributed by atoms with E-state index < -0.39 is 0 Å². The van der Waals surface area contributed by atoms with Crippen molar-refractivity contribution >= 4 is 11.7 Å². The molecule has 6 heteroatoms. The molecule has 128 valence electrons. The number of amides is 2. The molecular weight excluding hydrogens is 306 g/mol. The second-order valence-electron chi connectivity index (χ2n) is 5.28. The summed E-state index contributed by atoms with van der Waals surface area (Å²) < 4.78 is 12.5. The van der Waals surface area contributed by atoms with Crippen LogP contribution < -0.4 is 14.8 Å². The van der Waals surface area contributed by atoms with E-state index in [1.807, 2.05) is 29.9 Å². The fourth-order valence-electron chi connectivity index (χ4n) is 2.33. The first-order valence-corrected chi connectivity index (χ1v) is 7.58. The van der Waals surface area contributed by atoms with Gasteiger partial charge in [0.1, 0.15) is 11.5 Å². The number of hydrogen-bond acceptors (Lipinski definition) is 3. The molecule has 2 aromatic rings. The van der Waals surface area contributed by atoms with E-state index in [0.717, 1.165) is 5.69 Å². The number of urea groups is 1. The van der Waals surface area contributed by atoms with Gasteiger partial charge in [-0.15, -0.1) is 6.58 Å². The third-order valence-electron chi connectivity index (χ3n) is 3.69. The van der Waals surface area contributed by atoms with Crippen molar-refractivity contribution in [3.05, 3.63) is 54.9 Å². The van der Waals surface area contributed by atoms with Crippen molar-refractivity contribution in [2.24, 2.45) is 7.05 Å². The van der Waals surface area contributed by atoms with E-state index >= 15 is 0 Å². The Bertz CT molecular complexity index is 709. The van der Waals surface area contributed by atoms with Gasteiger partial charge in [0, 0.05) is 31.5 Å². The zero-order valence-electron chi connectivity index (χ0n) is 14.3. The minimum atomic E-state index is -0.223. The molecule has 1 heterocycles. The number of nitrogens with zero attached hydrogens (tertiary/aromatic N) is 2. The zero-order valence-corrected chi connectivity index (χ0v) is 14.3. The fraction of sp³-hybridized carbons (Fsp3) is 0.278. The minimum absolute atomic E-state index is 0.223. The van der Waals surface area contributed by atoms with Crippen LogP contribution in [-0.4, -0.2) is 36.3 Å². The number of anilines is 1. The molecule has 6 nitrogen and oxygen atoms in total. The second-order valence-corrected chi connectivity index (χ2v) is 5.28. The molecule has 1 aromatic carbocycles. The van der Waals surface area contributed by atoms with Gasteiger partial charge in [-0.2, -0.15) is 0 Å². The van der Waals surface area contributed by atoms with Gasteiger partial charge < -0.3 is 24.3 Å². The zero-order chi connectivity index (χ0) is 17.5. The molecule has 0 fully saturated rings. The average molecular weight is 329 g/mol. The molecule has 0 saturated heterocycles. The molecule has 0 saturated carbocycles. The molecule has 0 aliphatic heterocycles. The molecule has 0 aliphatic rings. The highest BCUT2D eigenvalue weighted by Gasteiger charge is 2.16. The van der Waals surface area contributed by atoms with Crippen molar-refractivity contribution in [2.75, 3.05) is 26.1 Å². The fourth-order valence-corrected chi connectivity index (χ4v) is 2.33. The number of aryl methyl sites for hydroxylation is 1. The van der Waals surface area contributed by atoms with Crippen LogP contribution in [0.3, 0.4) is 0 Å². The van der Waals surface area contributed by atoms with Crippen molar-refractivity contribution in [3.63, 3.8) is 0 Å². The quantitative estimate of drug-likeness (QED) is 0.793. The highest BCUT2D eigenvalue weighted by atomic mass is 16.5. The van der Waals surface area contributed by atoms with E-state index in [2.05, 4.69) is 11.9 Å². The molecule has 0 bridgehead atoms. The summed E-state index contributed by atoms with van der Waals surface area (Å²) in [4.78, 5) is 14.3. The highest BCUT2D eigenvalue weighted by Crippen LogP contribution is 2.29. The van der Waals surface area contributed by atoms with Gasteiger partial charge in [-0.25, -0.2) is 4.79 Å². The van der Waals surface area contributed by atoms with Gasteiger partial charge in [0.2, 0.25) is 0 Å². The summed E-state index contributed by atoms with van der Waals surface area (Å²) in [6.45, 7) is 4.65. The van der Waals surface area contributed by atoms with E-state index in [0.29, 0.717) is 30.3 Å². The summed E-state index contributed by atoms with van der Waals surface area (Å²) in [6.07, 6.45) is 3.65. The van der Waals surface area contributed by atoms with Crippen LogP contribution in [0.2, 0.25) is 0 Å². The maximum atomic E-state index is 12.6. The molecule has 1 N–H and O–H groups in total. The van der Waals surface area contributed by atoms with Crippen LogP contribution in [-0.2, 0) is 13.6 Å². The molecule has 0 aliphatic carbocycles. The molecule has 0 unspecified atom stereocenters. The first-order chi connectivity index (χ1) is 11.6. The number of carbonyl (C=O) groups is 1. The Morgan fingerprint density at radius 3 is 2.71 bits per heavy atom. The lowest BCUT2D eigenvalue weighted by atomic mass is 10.2. The van der Waals surface area contributed by atoms with Gasteiger partial charge in [-0.3, -0.25) is 0 Å². The van der Waals surface area contributed by atoms with E-state index in [9.17, 15) is 4.79 Å². The maximum absolute atomic E-state index is 12.6. The van der Waals surface area contributed by atoms with Crippen molar-refractivity contribution in [1.82, 2.24) is 9.47 Å². The van der Waals surface area contributed by atoms with Crippen LogP contribution in [0.15, 0.2) is 49.2 Å². The maximum Gasteiger partial charge on any atom is 0.322 e. The van der Waals surface area contributed by atoms with Crippen LogP contribution in [0.5, 0.6) is 11.5 Å². The molecule has 24 heavy (non-hydrogen) atoms. The first kappa shape index (κ1) is 17.5. The molecular formula is C18H23N3O3. The summed E-state index contributed by atoms with van der Waals surface area (Å²) >= 11 is 0. The normalized spacial score (nSPS) is 10.1. The molecule has 0 radical (unpaired) electrons. The number of methoxy groups -OCH3 is 2. The molecule has 0 atom stereocenters. The summed E-state index contributed by atoms with van der Waals surface area (Å²) in [7, 11) is 5.08. The van der Waals surface area contributed by atoms with Crippen LogP contribution in [0, 0.1) is 0 Å². The standard InChI is InChI=1S/C18H23N3O3/c1-5-10-21(13-14-7-6-11-20(14)2)18(22)19-16-9-8-15(23-3)12-17(16)24-4/h5-9,11-12H,1,10,13H2,2-4H3,(H,19,22). The number of hydrogen-bond donors (Lipinski definition) is 1. The van der Waals surface area contributed by atoms with E-state index in [-0.39, 0.29) is 6.03 Å². The Kier molecular flexibility index (Phi) is 5.89. The average Bonchev–Trinajstić information content (AvgIpc) is 2.99. The third-order valence-corrected chi connectivity index (χ3v) is 3.69. The topological polar surface area (TPSA) is 55.7 Å². The molecule has 2 amide bonds. The molecule has 2 rings (SSSR count). The molecule has 0 spiro atoms. The smallest absolute Gasteiger partial charge is 0.322 e. The van der Waals surface area contributed by atoms with Crippen LogP contribution in [0.25, 0.3) is 0 Å². The number of nitrogens with one attached hydrogen (secondary N) is 1. The Hall–Kier alpha value is -2.89. The second kappa shape index (κ2) is 8.10. The predicted octanol–water partition coefficient (Wildman–Crippen LogP) is 3.26. The number of benzene rings is 1. The van der Waals surface area contributed by atoms with Crippen LogP contribution in [0.4, 0.5) is 10.5 Å². The number of rotatable bonds is 7. The summed E-state index contributed by atoms with van der Waals surface area (Å²) in [5.74, 6) is 1.21. The van der Waals surface area contributed by atoms with Gasteiger partial charge in [-0.1, -0.05) is 6.08 Å². The van der Waals surface area contributed by atoms with E-state index in [1.54, 1.807) is 43.4 Å². The van der Waals surface area contributed by atoms with Crippen molar-refractivity contribution in [3.8, 4) is 11.5 Å². The Labute approximate surface area is 142 Å². The van der Waals surface area contributed by atoms with Gasteiger partial charge in [0.15, 0.2) is 0 Å². The Morgan fingerprint density at radius 1 is 1.33 bits per heavy atom. The number of ether oxygens (including phenoxy) is 2. The molecule has 1 aromatic heterocycles. The van der Waals surface area contributed by atoms with E-state index in [1.165, 1.54) is 0 Å². The van der Waals surface area contributed by atoms with Crippen molar-refractivity contribution < 1.29 is 14.3 Å². The summed E-state index contributed by atoms with van der Waals surface area (Å²) in [5, 5.41) is 2.88. The van der Waals surface area contributed by atoms with Crippen molar-refractivity contribution in [2.45, 2.75) is 6.54 Å². The van der Waals surface area contributed by atoms with Gasteiger partial charge in [0.05, 0.1) is 26.5 Å². The number of carbonyl (C=O) groups excluding carboxylic acids is 1. The lowest BCUT2D eigenvalue weighted by molar-refractivity contribution is 0.214. The number of aromatic nitrogens is 1. The van der Waals surface area contributed by atoms with E-state index in [4.69, 9.17) is 9.47 Å². The van der Waals surface area contributed by atoms with Gasteiger partial charge in [0.25, 0.3) is 0 Å². The minimum Gasteiger partial charge on any atom is -0.497 e. The highest BCUT2D eigenvalue weighted by molar-refractivity contribution is 5.91. The lowest BCUT2D eigenvalue weighted by Crippen LogP contribution is -2.35.